The molecule has 7 heteroatoms. The molecular weight excluding hydrogens is 342 g/mol. The normalized spacial score (nSPS) is 14.6. The molecule has 1 aliphatic carbocycles. The van der Waals surface area contributed by atoms with Gasteiger partial charge in [-0.2, -0.15) is 0 Å². The van der Waals surface area contributed by atoms with Crippen LogP contribution in [0.4, 0.5) is 22.1 Å². The number of benzene rings is 1. The van der Waals surface area contributed by atoms with Crippen molar-refractivity contribution in [3.8, 4) is 5.75 Å². The summed E-state index contributed by atoms with van der Waals surface area (Å²) in [6, 6.07) is 11.2. The second-order valence-corrected chi connectivity index (χ2v) is 7.05. The number of carbonyl (C=O) groups is 1. The lowest BCUT2D eigenvalue weighted by molar-refractivity contribution is 0.242. The van der Waals surface area contributed by atoms with Crippen LogP contribution in [0.25, 0.3) is 0 Å². The summed E-state index contributed by atoms with van der Waals surface area (Å²) in [5.41, 5.74) is 0.885. The Bertz CT molecular complexity index is 725. The maximum absolute atomic E-state index is 12.0. The monoisotopic (exact) mass is 369 g/mol. The minimum atomic E-state index is -0.224. The van der Waals surface area contributed by atoms with Gasteiger partial charge in [-0.25, -0.2) is 4.79 Å². The van der Waals surface area contributed by atoms with E-state index < -0.39 is 0 Å². The zero-order valence-corrected chi connectivity index (χ0v) is 15.9. The summed E-state index contributed by atoms with van der Waals surface area (Å²) in [6.45, 7) is 3.99. The van der Waals surface area contributed by atoms with Crippen LogP contribution in [-0.4, -0.2) is 28.4 Å². The third-order valence-corrected chi connectivity index (χ3v) is 4.35. The van der Waals surface area contributed by atoms with Gasteiger partial charge in [-0.15, -0.1) is 10.2 Å². The summed E-state index contributed by atoms with van der Waals surface area (Å²) in [4.78, 5) is 12.0. The Labute approximate surface area is 159 Å². The van der Waals surface area contributed by atoms with Gasteiger partial charge in [0.15, 0.2) is 11.6 Å². The molecule has 3 rings (SSSR count). The van der Waals surface area contributed by atoms with Crippen LogP contribution >= 0.6 is 0 Å². The number of nitrogens with one attached hydrogen (secondary N) is 3. The van der Waals surface area contributed by atoms with E-state index in [1.807, 2.05) is 38.1 Å². The number of nitrogens with zero attached hydrogens (tertiary/aromatic N) is 2. The molecule has 3 N–H and O–H groups in total. The molecule has 0 unspecified atom stereocenters. The standard InChI is InChI=1S/C20H27N5O2/c1-14(2)27-17-10-8-16(9-11-17)21-18-12-13-19(25-24-18)23-20(26)22-15-6-4-3-5-7-15/h8-15H,3-7H2,1-2H3,(H,21,24)(H2,22,23,25,26). The van der Waals surface area contributed by atoms with Crippen LogP contribution in [0, 0.1) is 0 Å². The molecule has 1 aliphatic rings. The number of anilines is 3. The lowest BCUT2D eigenvalue weighted by Crippen LogP contribution is -2.39. The summed E-state index contributed by atoms with van der Waals surface area (Å²) < 4.78 is 5.62. The number of urea groups is 1. The number of carbonyl (C=O) groups excluding carboxylic acids is 1. The van der Waals surface area contributed by atoms with Crippen molar-refractivity contribution in [1.82, 2.24) is 15.5 Å². The Balaban J connectivity index is 1.50. The van der Waals surface area contributed by atoms with Crippen LogP contribution in [0.15, 0.2) is 36.4 Å². The van der Waals surface area contributed by atoms with Gasteiger partial charge < -0.3 is 15.4 Å². The number of aromatic nitrogens is 2. The number of ether oxygens (including phenoxy) is 1. The largest absolute Gasteiger partial charge is 0.491 e. The highest BCUT2D eigenvalue weighted by atomic mass is 16.5. The van der Waals surface area contributed by atoms with Crippen molar-refractivity contribution >= 4 is 23.4 Å². The second kappa shape index (κ2) is 9.21. The van der Waals surface area contributed by atoms with E-state index in [0.29, 0.717) is 11.6 Å². The quantitative estimate of drug-likeness (QED) is 0.699. The first-order chi connectivity index (χ1) is 13.1. The summed E-state index contributed by atoms with van der Waals surface area (Å²) >= 11 is 0. The molecule has 1 aromatic heterocycles. The predicted octanol–water partition coefficient (Wildman–Crippen LogP) is 4.46. The minimum Gasteiger partial charge on any atom is -0.491 e. The van der Waals surface area contributed by atoms with Gasteiger partial charge in [-0.1, -0.05) is 19.3 Å². The Hall–Kier alpha value is -2.83. The van der Waals surface area contributed by atoms with Gasteiger partial charge in [-0.3, -0.25) is 5.32 Å². The molecule has 0 aliphatic heterocycles. The molecular formula is C20H27N5O2. The van der Waals surface area contributed by atoms with Crippen LogP contribution in [0.2, 0.25) is 0 Å². The third kappa shape index (κ3) is 6.13. The van der Waals surface area contributed by atoms with Crippen LogP contribution in [0.3, 0.4) is 0 Å². The summed E-state index contributed by atoms with van der Waals surface area (Å²) in [5, 5.41) is 17.1. The SMILES string of the molecule is CC(C)Oc1ccc(Nc2ccc(NC(=O)NC3CCCCC3)nn2)cc1. The lowest BCUT2D eigenvalue weighted by atomic mass is 9.96. The second-order valence-electron chi connectivity index (χ2n) is 7.05. The molecule has 144 valence electrons. The molecule has 1 fully saturated rings. The van der Waals surface area contributed by atoms with Crippen LogP contribution in [0.1, 0.15) is 46.0 Å². The Kier molecular flexibility index (Phi) is 6.46. The van der Waals surface area contributed by atoms with Crippen molar-refractivity contribution in [2.45, 2.75) is 58.1 Å². The first-order valence-electron chi connectivity index (χ1n) is 9.53. The highest BCUT2D eigenvalue weighted by Crippen LogP contribution is 2.20. The van der Waals surface area contributed by atoms with E-state index in [1.165, 1.54) is 19.3 Å². The maximum atomic E-state index is 12.0. The topological polar surface area (TPSA) is 88.2 Å². The molecule has 0 atom stereocenters. The average molecular weight is 369 g/mol. The zero-order valence-electron chi connectivity index (χ0n) is 15.9. The molecule has 7 nitrogen and oxygen atoms in total. The molecule has 0 spiro atoms. The van der Waals surface area contributed by atoms with E-state index in [0.717, 1.165) is 24.3 Å². The fraction of sp³-hybridized carbons (Fsp3) is 0.450. The van der Waals surface area contributed by atoms with Crippen molar-refractivity contribution < 1.29 is 9.53 Å². The number of hydrogen-bond acceptors (Lipinski definition) is 5. The van der Waals surface area contributed by atoms with E-state index in [9.17, 15) is 4.79 Å². The van der Waals surface area contributed by atoms with Gasteiger partial charge in [0.1, 0.15) is 5.75 Å². The molecule has 0 radical (unpaired) electrons. The molecule has 1 aromatic carbocycles. The minimum absolute atomic E-state index is 0.144. The van der Waals surface area contributed by atoms with Crippen molar-refractivity contribution in [2.75, 3.05) is 10.6 Å². The smallest absolute Gasteiger partial charge is 0.320 e. The third-order valence-electron chi connectivity index (χ3n) is 4.35. The summed E-state index contributed by atoms with van der Waals surface area (Å²) in [5.74, 6) is 1.85. The molecule has 27 heavy (non-hydrogen) atoms. The van der Waals surface area contributed by atoms with Crippen LogP contribution in [0.5, 0.6) is 5.75 Å². The van der Waals surface area contributed by atoms with Crippen molar-refractivity contribution in [3.05, 3.63) is 36.4 Å². The number of amides is 2. The maximum Gasteiger partial charge on any atom is 0.320 e. The van der Waals surface area contributed by atoms with Gasteiger partial charge in [0.2, 0.25) is 0 Å². The molecule has 1 heterocycles. The van der Waals surface area contributed by atoms with Gasteiger partial charge in [0.25, 0.3) is 0 Å². The highest BCUT2D eigenvalue weighted by Gasteiger charge is 2.15. The van der Waals surface area contributed by atoms with Crippen molar-refractivity contribution in [2.24, 2.45) is 0 Å². The van der Waals surface area contributed by atoms with Crippen LogP contribution < -0.4 is 20.7 Å². The van der Waals surface area contributed by atoms with E-state index >= 15 is 0 Å². The Morgan fingerprint density at radius 2 is 1.67 bits per heavy atom. The van der Waals surface area contributed by atoms with E-state index in [2.05, 4.69) is 26.1 Å². The highest BCUT2D eigenvalue weighted by molar-refractivity contribution is 5.88. The van der Waals surface area contributed by atoms with Gasteiger partial charge in [0.05, 0.1) is 6.10 Å². The molecule has 2 amide bonds. The number of hydrogen-bond donors (Lipinski definition) is 3. The first-order valence-corrected chi connectivity index (χ1v) is 9.53. The summed E-state index contributed by atoms with van der Waals surface area (Å²) in [7, 11) is 0. The fourth-order valence-corrected chi connectivity index (χ4v) is 3.09. The van der Waals surface area contributed by atoms with Crippen LogP contribution in [-0.2, 0) is 0 Å². The molecule has 1 saturated carbocycles. The average Bonchev–Trinajstić information content (AvgIpc) is 2.65. The first kappa shape index (κ1) is 18.9. The number of rotatable bonds is 6. The Morgan fingerprint density at radius 1 is 1.00 bits per heavy atom. The lowest BCUT2D eigenvalue weighted by Gasteiger charge is -2.22. The summed E-state index contributed by atoms with van der Waals surface area (Å²) in [6.07, 6.45) is 5.84. The van der Waals surface area contributed by atoms with Gasteiger partial charge in [0, 0.05) is 11.7 Å². The van der Waals surface area contributed by atoms with Gasteiger partial charge in [-0.05, 0) is 63.1 Å². The van der Waals surface area contributed by atoms with E-state index in [-0.39, 0.29) is 18.2 Å². The molecule has 0 bridgehead atoms. The Morgan fingerprint density at radius 3 is 2.30 bits per heavy atom. The molecule has 2 aromatic rings. The zero-order chi connectivity index (χ0) is 19.1. The predicted molar refractivity (Wildman–Crippen MR) is 107 cm³/mol. The van der Waals surface area contributed by atoms with Crippen molar-refractivity contribution in [3.63, 3.8) is 0 Å². The van der Waals surface area contributed by atoms with Gasteiger partial charge >= 0.3 is 6.03 Å². The van der Waals surface area contributed by atoms with E-state index in [4.69, 9.17) is 4.74 Å². The molecule has 0 saturated heterocycles. The fourth-order valence-electron chi connectivity index (χ4n) is 3.09. The van der Waals surface area contributed by atoms with E-state index in [1.54, 1.807) is 12.1 Å². The van der Waals surface area contributed by atoms with Crippen molar-refractivity contribution in [1.29, 1.82) is 0 Å².